The summed E-state index contributed by atoms with van der Waals surface area (Å²) < 4.78 is 66.4. The van der Waals surface area contributed by atoms with Gasteiger partial charge in [-0.25, -0.2) is 21.2 Å². The first kappa shape index (κ1) is 25.3. The summed E-state index contributed by atoms with van der Waals surface area (Å²) in [5.41, 5.74) is 1.54. The smallest absolute Gasteiger partial charge is 0.261 e. The second kappa shape index (κ2) is 9.67. The minimum atomic E-state index is -3.96. The largest absolute Gasteiger partial charge is 0.368 e. The second-order valence-electron chi connectivity index (χ2n) is 8.46. The van der Waals surface area contributed by atoms with Crippen LogP contribution >= 0.6 is 11.6 Å². The Hall–Kier alpha value is -2.82. The molecule has 1 atom stereocenters. The van der Waals surface area contributed by atoms with Crippen molar-refractivity contribution in [1.82, 2.24) is 0 Å². The fourth-order valence-electron chi connectivity index (χ4n) is 4.15. The van der Waals surface area contributed by atoms with E-state index in [2.05, 4.69) is 4.72 Å². The number of para-hydroxylation sites is 2. The molecule has 1 saturated heterocycles. The molecule has 4 rings (SSSR count). The lowest BCUT2D eigenvalue weighted by Gasteiger charge is -2.29. The number of anilines is 3. The van der Waals surface area contributed by atoms with E-state index in [1.165, 1.54) is 30.3 Å². The van der Waals surface area contributed by atoms with Gasteiger partial charge >= 0.3 is 0 Å². The predicted octanol–water partition coefficient (Wildman–Crippen LogP) is 4.40. The van der Waals surface area contributed by atoms with Crippen molar-refractivity contribution in [1.29, 1.82) is 0 Å². The summed E-state index contributed by atoms with van der Waals surface area (Å²) in [5, 5.41) is 0.339. The summed E-state index contributed by atoms with van der Waals surface area (Å²) in [6.45, 7) is 1.21. The van der Waals surface area contributed by atoms with Crippen LogP contribution in [0.1, 0.15) is 6.42 Å². The summed E-state index contributed by atoms with van der Waals surface area (Å²) in [6, 6.07) is 16.7. The lowest BCUT2D eigenvalue weighted by molar-refractivity contribution is 0.597. The summed E-state index contributed by atoms with van der Waals surface area (Å²) in [6.07, 6.45) is 1.82. The van der Waals surface area contributed by atoms with Crippen LogP contribution < -0.4 is 14.5 Å². The molecule has 0 aliphatic carbocycles. The van der Waals surface area contributed by atoms with E-state index >= 15 is 0 Å². The molecular weight excluding hydrogens is 513 g/mol. The van der Waals surface area contributed by atoms with Gasteiger partial charge in [-0.05, 0) is 61.0 Å². The Kier molecular flexibility index (Phi) is 6.99. The van der Waals surface area contributed by atoms with Gasteiger partial charge in [-0.2, -0.15) is 0 Å². The Morgan fingerprint density at radius 3 is 2.31 bits per heavy atom. The summed E-state index contributed by atoms with van der Waals surface area (Å²) in [7, 11) is -5.52. The molecule has 7 nitrogen and oxygen atoms in total. The molecule has 1 aliphatic heterocycles. The third-order valence-corrected chi connectivity index (χ3v) is 8.80. The molecule has 0 spiro atoms. The zero-order valence-corrected chi connectivity index (χ0v) is 21.5. The summed E-state index contributed by atoms with van der Waals surface area (Å²) in [4.78, 5) is 3.92. The number of sulfone groups is 1. The molecule has 1 fully saturated rings. The molecule has 3 aromatic rings. The van der Waals surface area contributed by atoms with E-state index in [0.29, 0.717) is 35.2 Å². The van der Waals surface area contributed by atoms with Crippen molar-refractivity contribution in [2.75, 3.05) is 40.9 Å². The highest BCUT2D eigenvalue weighted by atomic mass is 35.5. The highest BCUT2D eigenvalue weighted by Gasteiger charge is 2.29. The molecule has 1 N–H and O–H groups in total. The normalized spacial score (nSPS) is 16.3. The maximum atomic E-state index is 14.4. The van der Waals surface area contributed by atoms with Gasteiger partial charge in [0.25, 0.3) is 10.0 Å². The Bertz CT molecular complexity index is 1450. The number of nitrogens with zero attached hydrogens (tertiary/aromatic N) is 2. The van der Waals surface area contributed by atoms with Gasteiger partial charge in [-0.3, -0.25) is 4.72 Å². The van der Waals surface area contributed by atoms with Crippen molar-refractivity contribution in [3.63, 3.8) is 0 Å². The van der Waals surface area contributed by atoms with Crippen LogP contribution in [0.5, 0.6) is 0 Å². The van der Waals surface area contributed by atoms with Crippen LogP contribution in [0, 0.1) is 5.82 Å². The Labute approximate surface area is 210 Å². The van der Waals surface area contributed by atoms with Crippen molar-refractivity contribution >= 4 is 48.5 Å². The van der Waals surface area contributed by atoms with Crippen molar-refractivity contribution in [2.24, 2.45) is 0 Å². The first-order chi connectivity index (χ1) is 16.5. The fourth-order valence-corrected chi connectivity index (χ4v) is 6.01. The number of likely N-dealkylation sites (N-methyl/N-ethyl adjacent to an activating group) is 1. The van der Waals surface area contributed by atoms with Crippen molar-refractivity contribution < 1.29 is 21.2 Å². The third kappa shape index (κ3) is 5.55. The Balaban J connectivity index is 1.54. The summed E-state index contributed by atoms with van der Waals surface area (Å²) >= 11 is 5.88. The van der Waals surface area contributed by atoms with Gasteiger partial charge in [0.15, 0.2) is 9.84 Å². The number of hydrogen-bond acceptors (Lipinski definition) is 6. The van der Waals surface area contributed by atoms with Crippen molar-refractivity contribution in [3.05, 3.63) is 77.6 Å². The molecule has 1 unspecified atom stereocenters. The molecule has 0 radical (unpaired) electrons. The van der Waals surface area contributed by atoms with Gasteiger partial charge in [0.05, 0.1) is 26.9 Å². The number of sulfonamides is 1. The Morgan fingerprint density at radius 2 is 1.66 bits per heavy atom. The molecule has 11 heteroatoms. The third-order valence-electron chi connectivity index (χ3n) is 6.05. The van der Waals surface area contributed by atoms with Gasteiger partial charge in [0, 0.05) is 37.5 Å². The zero-order valence-electron chi connectivity index (χ0n) is 19.1. The van der Waals surface area contributed by atoms with E-state index in [9.17, 15) is 21.2 Å². The number of hydrogen-bond donors (Lipinski definition) is 1. The number of nitrogens with one attached hydrogen (secondary N) is 1. The van der Waals surface area contributed by atoms with Crippen LogP contribution in [-0.2, 0) is 19.9 Å². The minimum absolute atomic E-state index is 0.0183. The van der Waals surface area contributed by atoms with Gasteiger partial charge in [0.2, 0.25) is 0 Å². The van der Waals surface area contributed by atoms with E-state index in [-0.39, 0.29) is 21.7 Å². The van der Waals surface area contributed by atoms with E-state index in [1.54, 1.807) is 24.3 Å². The number of rotatable bonds is 7. The molecule has 0 bridgehead atoms. The highest BCUT2D eigenvalue weighted by Crippen LogP contribution is 2.33. The molecule has 0 saturated carbocycles. The van der Waals surface area contributed by atoms with E-state index in [0.717, 1.165) is 12.7 Å². The quantitative estimate of drug-likeness (QED) is 0.481. The van der Waals surface area contributed by atoms with Crippen molar-refractivity contribution in [2.45, 2.75) is 22.3 Å². The minimum Gasteiger partial charge on any atom is -0.368 e. The predicted molar refractivity (Wildman–Crippen MR) is 137 cm³/mol. The lowest BCUT2D eigenvalue weighted by Crippen LogP contribution is -2.35. The van der Waals surface area contributed by atoms with Crippen LogP contribution in [0.3, 0.4) is 0 Å². The molecule has 0 aromatic heterocycles. The van der Waals surface area contributed by atoms with E-state index in [1.807, 2.05) is 29.0 Å². The van der Waals surface area contributed by atoms with Crippen LogP contribution in [0.15, 0.2) is 76.5 Å². The summed E-state index contributed by atoms with van der Waals surface area (Å²) in [5.74, 6) is -0.379. The van der Waals surface area contributed by atoms with Gasteiger partial charge in [0.1, 0.15) is 5.82 Å². The van der Waals surface area contributed by atoms with Gasteiger partial charge < -0.3 is 9.80 Å². The molecule has 186 valence electrons. The number of benzene rings is 3. The fraction of sp³-hybridized carbons (Fsp3) is 0.250. The SMILES string of the molecule is CN(c1ccccc1NS(=O)(=O)c1ccc(S(C)(=O)=O)cc1)C1CCN(c2ccc(Cl)cc2F)C1. The van der Waals surface area contributed by atoms with E-state index in [4.69, 9.17) is 11.6 Å². The van der Waals surface area contributed by atoms with Gasteiger partial charge in [-0.1, -0.05) is 23.7 Å². The molecule has 3 aromatic carbocycles. The number of halogens is 2. The van der Waals surface area contributed by atoms with E-state index < -0.39 is 19.9 Å². The average molecular weight is 538 g/mol. The first-order valence-electron chi connectivity index (χ1n) is 10.8. The molecule has 0 amide bonds. The standard InChI is InChI=1S/C24H25ClFN3O4S2/c1-28(18-13-14-29(16-18)23-12-7-17(25)15-21(23)26)24-6-4-3-5-22(24)27-35(32,33)20-10-8-19(9-11-20)34(2,30)31/h3-12,15,18,27H,13-14,16H2,1-2H3. The first-order valence-corrected chi connectivity index (χ1v) is 14.6. The zero-order chi connectivity index (χ0) is 25.4. The van der Waals surface area contributed by atoms with Crippen LogP contribution in [0.25, 0.3) is 0 Å². The molecular formula is C24H25ClFN3O4S2. The average Bonchev–Trinajstić information content (AvgIpc) is 3.28. The molecule has 1 aliphatic rings. The van der Waals surface area contributed by atoms with Crippen LogP contribution in [0.4, 0.5) is 21.5 Å². The molecule has 1 heterocycles. The van der Waals surface area contributed by atoms with Crippen LogP contribution in [-0.4, -0.2) is 49.3 Å². The van der Waals surface area contributed by atoms with Crippen LogP contribution in [0.2, 0.25) is 5.02 Å². The molecule has 35 heavy (non-hydrogen) atoms. The maximum absolute atomic E-state index is 14.4. The van der Waals surface area contributed by atoms with Crippen molar-refractivity contribution in [3.8, 4) is 0 Å². The topological polar surface area (TPSA) is 86.8 Å². The monoisotopic (exact) mass is 537 g/mol. The second-order valence-corrected chi connectivity index (χ2v) is 12.6. The maximum Gasteiger partial charge on any atom is 0.261 e. The highest BCUT2D eigenvalue weighted by molar-refractivity contribution is 7.92. The van der Waals surface area contributed by atoms with Gasteiger partial charge in [-0.15, -0.1) is 0 Å². The Morgan fingerprint density at radius 1 is 1.00 bits per heavy atom. The lowest BCUT2D eigenvalue weighted by atomic mass is 10.2.